The number of carbonyl (C=O) groups excluding carboxylic acids is 1. The third-order valence-electron chi connectivity index (χ3n) is 2.59. The van der Waals surface area contributed by atoms with Gasteiger partial charge in [0.25, 0.3) is 0 Å². The van der Waals surface area contributed by atoms with Gasteiger partial charge in [-0.05, 0) is 32.5 Å². The minimum Gasteiger partial charge on any atom is -0.324 e. The van der Waals surface area contributed by atoms with E-state index in [1.54, 1.807) is 13.8 Å². The number of hydrogen-bond donors (Lipinski definition) is 2. The minimum atomic E-state index is -0.936. The van der Waals surface area contributed by atoms with E-state index in [0.717, 1.165) is 12.1 Å². The van der Waals surface area contributed by atoms with Crippen molar-refractivity contribution in [2.75, 3.05) is 11.9 Å². The Morgan fingerprint density at radius 3 is 2.63 bits per heavy atom. The summed E-state index contributed by atoms with van der Waals surface area (Å²) in [6.07, 6.45) is 0. The molecule has 0 fully saturated rings. The van der Waals surface area contributed by atoms with Gasteiger partial charge in [0.2, 0.25) is 11.7 Å². The first-order chi connectivity index (χ1) is 8.77. The molecule has 1 aromatic rings. The van der Waals surface area contributed by atoms with Crippen LogP contribution in [-0.4, -0.2) is 22.9 Å². The Hall–Kier alpha value is -2.02. The molecule has 0 aliphatic heterocycles. The monoisotopic (exact) mass is 269 g/mol. The van der Waals surface area contributed by atoms with Crippen molar-refractivity contribution in [1.82, 2.24) is 5.32 Å². The number of benzene rings is 1. The Labute approximate surface area is 110 Å². The maximum absolute atomic E-state index is 13.1. The summed E-state index contributed by atoms with van der Waals surface area (Å²) in [5, 5.41) is 16.1. The number of hydrogen-bond acceptors (Lipinski definition) is 4. The van der Waals surface area contributed by atoms with E-state index in [1.165, 1.54) is 6.07 Å². The van der Waals surface area contributed by atoms with Crippen LogP contribution in [0.3, 0.4) is 0 Å². The normalized spacial score (nSPS) is 11.2. The molecule has 0 aliphatic carbocycles. The van der Waals surface area contributed by atoms with E-state index in [4.69, 9.17) is 0 Å². The largest absolute Gasteiger partial charge is 0.324 e. The summed E-state index contributed by atoms with van der Waals surface area (Å²) in [7, 11) is 0. The van der Waals surface area contributed by atoms with Gasteiger partial charge in [-0.2, -0.15) is 4.39 Å². The van der Waals surface area contributed by atoms with Crippen LogP contribution in [-0.2, 0) is 4.79 Å². The van der Waals surface area contributed by atoms with Crippen LogP contribution in [0.4, 0.5) is 15.8 Å². The molecule has 0 radical (unpaired) electrons. The van der Waals surface area contributed by atoms with Gasteiger partial charge in [0.1, 0.15) is 0 Å². The smallest absolute Gasteiger partial charge is 0.306 e. The van der Waals surface area contributed by atoms with E-state index in [2.05, 4.69) is 10.6 Å². The third-order valence-corrected chi connectivity index (χ3v) is 2.59. The van der Waals surface area contributed by atoms with Crippen molar-refractivity contribution in [2.24, 2.45) is 0 Å². The molecular formula is C12H16FN3O3. The van der Waals surface area contributed by atoms with E-state index < -0.39 is 22.0 Å². The lowest BCUT2D eigenvalue weighted by atomic mass is 10.0. The average Bonchev–Trinajstić information content (AvgIpc) is 2.31. The fourth-order valence-electron chi connectivity index (χ4n) is 1.54. The van der Waals surface area contributed by atoms with Gasteiger partial charge in [0.05, 0.1) is 10.5 Å². The van der Waals surface area contributed by atoms with Gasteiger partial charge < -0.3 is 10.6 Å². The number of nitrogens with one attached hydrogen (secondary N) is 2. The molecule has 7 heteroatoms. The first kappa shape index (κ1) is 15.0. The van der Waals surface area contributed by atoms with Crippen molar-refractivity contribution in [3.63, 3.8) is 0 Å². The minimum absolute atomic E-state index is 0.184. The Kier molecular flexibility index (Phi) is 4.55. The maximum atomic E-state index is 13.1. The first-order valence-corrected chi connectivity index (χ1v) is 5.78. The van der Waals surface area contributed by atoms with Crippen molar-refractivity contribution in [3.05, 3.63) is 34.1 Å². The molecule has 0 heterocycles. The number of likely N-dealkylation sites (N-methyl/N-ethyl adjacent to an activating group) is 1. The van der Waals surface area contributed by atoms with Gasteiger partial charge in [-0.25, -0.2) is 0 Å². The second-order valence-electron chi connectivity index (χ2n) is 4.53. The van der Waals surface area contributed by atoms with Crippen LogP contribution in [0.5, 0.6) is 0 Å². The van der Waals surface area contributed by atoms with Crippen molar-refractivity contribution < 1.29 is 14.1 Å². The molecule has 0 aromatic heterocycles. The lowest BCUT2D eigenvalue weighted by Crippen LogP contribution is -2.49. The van der Waals surface area contributed by atoms with E-state index in [9.17, 15) is 19.3 Å². The number of amides is 1. The number of nitro groups is 1. The topological polar surface area (TPSA) is 84.3 Å². The molecule has 6 nitrogen and oxygen atoms in total. The molecule has 0 saturated carbocycles. The molecule has 19 heavy (non-hydrogen) atoms. The Balaban J connectivity index is 2.92. The fraction of sp³-hybridized carbons (Fsp3) is 0.417. The molecule has 1 aromatic carbocycles. The number of anilines is 1. The molecule has 104 valence electrons. The molecule has 1 rings (SSSR count). The number of nitrogens with zero attached hydrogens (tertiary/aromatic N) is 1. The van der Waals surface area contributed by atoms with Crippen LogP contribution in [0.25, 0.3) is 0 Å². The van der Waals surface area contributed by atoms with E-state index in [-0.39, 0.29) is 11.6 Å². The van der Waals surface area contributed by atoms with Gasteiger partial charge in [-0.15, -0.1) is 0 Å². The lowest BCUT2D eigenvalue weighted by Gasteiger charge is -2.24. The van der Waals surface area contributed by atoms with Gasteiger partial charge in [0.15, 0.2) is 0 Å². The quantitative estimate of drug-likeness (QED) is 0.633. The second kappa shape index (κ2) is 5.75. The summed E-state index contributed by atoms with van der Waals surface area (Å²) in [6.45, 7) is 5.83. The summed E-state index contributed by atoms with van der Waals surface area (Å²) in [6, 6.07) is 3.23. The van der Waals surface area contributed by atoms with Crippen LogP contribution in [0, 0.1) is 15.9 Å². The predicted molar refractivity (Wildman–Crippen MR) is 69.4 cm³/mol. The Bertz CT molecular complexity index is 503. The van der Waals surface area contributed by atoms with Crippen molar-refractivity contribution >= 4 is 17.3 Å². The van der Waals surface area contributed by atoms with Crippen molar-refractivity contribution in [2.45, 2.75) is 26.3 Å². The molecule has 2 N–H and O–H groups in total. The Morgan fingerprint density at radius 2 is 2.11 bits per heavy atom. The molecule has 0 spiro atoms. The van der Waals surface area contributed by atoms with Crippen molar-refractivity contribution in [3.8, 4) is 0 Å². The fourth-order valence-corrected chi connectivity index (χ4v) is 1.54. The van der Waals surface area contributed by atoms with Crippen LogP contribution in [0.2, 0.25) is 0 Å². The zero-order valence-corrected chi connectivity index (χ0v) is 11.0. The highest BCUT2D eigenvalue weighted by Gasteiger charge is 2.26. The lowest BCUT2D eigenvalue weighted by molar-refractivity contribution is -0.387. The molecular weight excluding hydrogens is 253 g/mol. The standard InChI is InChI=1S/C12H16FN3O3/c1-4-14-12(2,3)11(17)15-8-5-6-9(13)10(7-8)16(18)19/h5-7,14H,4H2,1-3H3,(H,15,17). The number of nitro benzene ring substituents is 1. The van der Waals surface area contributed by atoms with Gasteiger partial charge in [-0.3, -0.25) is 14.9 Å². The third kappa shape index (κ3) is 3.72. The molecule has 0 aliphatic rings. The van der Waals surface area contributed by atoms with E-state index >= 15 is 0 Å². The van der Waals surface area contributed by atoms with Crippen LogP contribution in [0.15, 0.2) is 18.2 Å². The number of halogens is 1. The first-order valence-electron chi connectivity index (χ1n) is 5.78. The summed E-state index contributed by atoms with van der Waals surface area (Å²) in [5.41, 5.74) is -1.30. The SMILES string of the molecule is CCNC(C)(C)C(=O)Nc1ccc(F)c([N+](=O)[O-])c1. The average molecular weight is 269 g/mol. The van der Waals surface area contributed by atoms with Gasteiger partial charge >= 0.3 is 5.69 Å². The zero-order chi connectivity index (χ0) is 14.6. The zero-order valence-electron chi connectivity index (χ0n) is 11.0. The molecule has 0 bridgehead atoms. The van der Waals surface area contributed by atoms with Gasteiger partial charge in [-0.1, -0.05) is 6.92 Å². The van der Waals surface area contributed by atoms with Crippen LogP contribution >= 0.6 is 0 Å². The summed E-state index contributed by atoms with van der Waals surface area (Å²) < 4.78 is 13.1. The number of carbonyl (C=O) groups is 1. The molecule has 0 saturated heterocycles. The van der Waals surface area contributed by atoms with E-state index in [0.29, 0.717) is 6.54 Å². The summed E-state index contributed by atoms with van der Waals surface area (Å²) in [5.74, 6) is -1.29. The van der Waals surface area contributed by atoms with E-state index in [1.807, 2.05) is 6.92 Å². The highest BCUT2D eigenvalue weighted by Crippen LogP contribution is 2.22. The Morgan fingerprint density at radius 1 is 1.47 bits per heavy atom. The summed E-state index contributed by atoms with van der Waals surface area (Å²) in [4.78, 5) is 21.7. The highest BCUT2D eigenvalue weighted by atomic mass is 19.1. The highest BCUT2D eigenvalue weighted by molar-refractivity contribution is 5.97. The van der Waals surface area contributed by atoms with Crippen molar-refractivity contribution in [1.29, 1.82) is 0 Å². The molecule has 1 amide bonds. The summed E-state index contributed by atoms with van der Waals surface area (Å²) >= 11 is 0. The molecule has 0 unspecified atom stereocenters. The number of rotatable bonds is 5. The maximum Gasteiger partial charge on any atom is 0.306 e. The van der Waals surface area contributed by atoms with Gasteiger partial charge in [0, 0.05) is 11.8 Å². The molecule has 0 atom stereocenters. The van der Waals surface area contributed by atoms with Crippen LogP contribution < -0.4 is 10.6 Å². The predicted octanol–water partition coefficient (Wildman–Crippen LogP) is 2.06. The van der Waals surface area contributed by atoms with Crippen LogP contribution in [0.1, 0.15) is 20.8 Å². The second-order valence-corrected chi connectivity index (χ2v) is 4.53.